The number of piperidine rings is 1. The highest BCUT2D eigenvalue weighted by Gasteiger charge is 2.36. The number of H-pyrrole nitrogens is 1. The fraction of sp³-hybridized carbons (Fsp3) is 0.538. The lowest BCUT2D eigenvalue weighted by atomic mass is 9.92. The van der Waals surface area contributed by atoms with Crippen LogP contribution in [0.15, 0.2) is 24.4 Å². The van der Waals surface area contributed by atoms with Crippen molar-refractivity contribution in [2.45, 2.75) is 52.0 Å². The lowest BCUT2D eigenvalue weighted by molar-refractivity contribution is 0.0923. The van der Waals surface area contributed by atoms with Gasteiger partial charge in [-0.1, -0.05) is 13.8 Å². The topological polar surface area (TPSA) is 133 Å². The molecule has 3 atom stereocenters. The molecule has 5 rings (SSSR count). The van der Waals surface area contributed by atoms with Crippen molar-refractivity contribution in [3.63, 3.8) is 0 Å². The van der Waals surface area contributed by atoms with Gasteiger partial charge in [-0.25, -0.2) is 4.98 Å². The van der Waals surface area contributed by atoms with E-state index in [0.717, 1.165) is 49.1 Å². The monoisotopic (exact) mass is 490 g/mol. The minimum atomic E-state index is -0.223. The Hall–Kier alpha value is -3.56. The molecule has 0 radical (unpaired) electrons. The van der Waals surface area contributed by atoms with E-state index < -0.39 is 0 Å². The van der Waals surface area contributed by atoms with Crippen LogP contribution in [-0.4, -0.2) is 63.0 Å². The van der Waals surface area contributed by atoms with Crippen LogP contribution in [0.25, 0.3) is 11.0 Å². The van der Waals surface area contributed by atoms with Crippen LogP contribution in [0, 0.1) is 23.2 Å². The second-order valence-electron chi connectivity index (χ2n) is 10.3. The predicted molar refractivity (Wildman–Crippen MR) is 138 cm³/mol. The molecule has 10 nitrogen and oxygen atoms in total. The minimum absolute atomic E-state index is 0.0222. The van der Waals surface area contributed by atoms with Crippen molar-refractivity contribution in [2.24, 2.45) is 17.8 Å². The largest absolute Gasteiger partial charge is 0.463 e. The molecule has 0 spiro atoms. The summed E-state index contributed by atoms with van der Waals surface area (Å²) in [7, 11) is 0. The van der Waals surface area contributed by atoms with Crippen LogP contribution in [0.3, 0.4) is 0 Å². The van der Waals surface area contributed by atoms with Crippen LogP contribution in [-0.2, 0) is 0 Å². The van der Waals surface area contributed by atoms with Crippen molar-refractivity contribution >= 4 is 29.0 Å². The molecule has 2 aliphatic rings. The number of hydrogen-bond acceptors (Lipinski definition) is 8. The number of nitrogens with one attached hydrogen (secondary N) is 3. The van der Waals surface area contributed by atoms with Gasteiger partial charge in [0.2, 0.25) is 0 Å². The van der Waals surface area contributed by atoms with E-state index in [4.69, 9.17) is 10.1 Å². The van der Waals surface area contributed by atoms with Crippen molar-refractivity contribution in [3.05, 3.63) is 35.8 Å². The highest BCUT2D eigenvalue weighted by Crippen LogP contribution is 2.37. The van der Waals surface area contributed by atoms with E-state index in [2.05, 4.69) is 55.3 Å². The molecule has 1 amide bonds. The van der Waals surface area contributed by atoms with Gasteiger partial charge in [-0.2, -0.15) is 15.1 Å². The van der Waals surface area contributed by atoms with Crippen LogP contribution in [0.2, 0.25) is 0 Å². The third-order valence-electron chi connectivity index (χ3n) is 7.47. The molecule has 4 heterocycles. The van der Waals surface area contributed by atoms with E-state index in [1.807, 2.05) is 13.0 Å². The molecule has 1 aliphatic carbocycles. The maximum atomic E-state index is 13.0. The third-order valence-corrected chi connectivity index (χ3v) is 7.47. The van der Waals surface area contributed by atoms with Gasteiger partial charge in [0.15, 0.2) is 5.65 Å². The Morgan fingerprint density at radius 1 is 1.31 bits per heavy atom. The van der Waals surface area contributed by atoms with Crippen LogP contribution >= 0.6 is 0 Å². The number of anilines is 1. The number of amides is 1. The van der Waals surface area contributed by atoms with E-state index >= 15 is 0 Å². The summed E-state index contributed by atoms with van der Waals surface area (Å²) in [6, 6.07) is 6.01. The first kappa shape index (κ1) is 24.1. The number of nitrogens with zero attached hydrogens (tertiary/aromatic N) is 5. The number of ether oxygens (including phenoxy) is 1. The highest BCUT2D eigenvalue weighted by atomic mass is 16.5. The fourth-order valence-corrected chi connectivity index (χ4v) is 4.62. The summed E-state index contributed by atoms with van der Waals surface area (Å²) in [4.78, 5) is 28.7. The molecule has 3 N–H and O–H groups in total. The second-order valence-corrected chi connectivity index (χ2v) is 10.3. The van der Waals surface area contributed by atoms with Crippen LogP contribution < -0.4 is 15.0 Å². The molecule has 3 aromatic rings. The van der Waals surface area contributed by atoms with Gasteiger partial charge >= 0.3 is 6.01 Å². The average molecular weight is 491 g/mol. The molecule has 0 aromatic carbocycles. The zero-order chi connectivity index (χ0) is 25.2. The van der Waals surface area contributed by atoms with E-state index in [1.165, 1.54) is 6.21 Å². The first-order valence-electron chi connectivity index (χ1n) is 12.8. The Kier molecular flexibility index (Phi) is 6.84. The molecular formula is C26H34N8O2. The van der Waals surface area contributed by atoms with Crippen molar-refractivity contribution in [2.75, 3.05) is 24.6 Å². The van der Waals surface area contributed by atoms with Crippen LogP contribution in [0.1, 0.15) is 62.1 Å². The van der Waals surface area contributed by atoms with E-state index in [-0.39, 0.29) is 23.9 Å². The van der Waals surface area contributed by atoms with E-state index in [1.54, 1.807) is 12.3 Å². The summed E-state index contributed by atoms with van der Waals surface area (Å²) in [5.41, 5.74) is 2.20. The Morgan fingerprint density at radius 2 is 2.11 bits per heavy atom. The van der Waals surface area contributed by atoms with Crippen molar-refractivity contribution in [1.82, 2.24) is 30.5 Å². The number of aromatic nitrogens is 5. The van der Waals surface area contributed by atoms with Gasteiger partial charge in [-0.05, 0) is 50.5 Å². The Bertz CT molecular complexity index is 1230. The summed E-state index contributed by atoms with van der Waals surface area (Å²) >= 11 is 0. The van der Waals surface area contributed by atoms with Gasteiger partial charge in [0.1, 0.15) is 11.5 Å². The number of rotatable bonds is 9. The van der Waals surface area contributed by atoms with Gasteiger partial charge < -0.3 is 20.4 Å². The normalized spacial score (nSPS) is 20.9. The molecule has 190 valence electrons. The molecule has 1 saturated carbocycles. The Morgan fingerprint density at radius 3 is 2.83 bits per heavy atom. The first-order valence-corrected chi connectivity index (χ1v) is 12.8. The van der Waals surface area contributed by atoms with Crippen LogP contribution in [0.4, 0.5) is 5.82 Å². The number of fused-ring (bicyclic) bond motifs is 1. The lowest BCUT2D eigenvalue weighted by Gasteiger charge is -2.32. The molecule has 3 aromatic heterocycles. The Balaban J connectivity index is 1.32. The Labute approximate surface area is 210 Å². The molecule has 36 heavy (non-hydrogen) atoms. The van der Waals surface area contributed by atoms with Gasteiger partial charge in [0.05, 0.1) is 12.3 Å². The number of carbonyl (C=O) groups excluding carboxylic acids is 1. The standard InChI is InChI=1S/C26H34N8O2/c1-15(2)16(3)29-25(35)21-12-22(31-26(30-21)36-14-19-11-18(19)13-27)34-9-6-17(7-10-34)23-20-5-4-8-28-24(20)33-32-23/h4-5,8,12-13,15-19,27H,6-7,9-11,14H2,1-3H3,(H,29,35)(H,28,32,33)/t16-,18+,19-/m1/s1. The molecule has 0 unspecified atom stereocenters. The summed E-state index contributed by atoms with van der Waals surface area (Å²) in [6.45, 7) is 8.17. The molecular weight excluding hydrogens is 456 g/mol. The summed E-state index contributed by atoms with van der Waals surface area (Å²) in [5.74, 6) is 1.72. The van der Waals surface area contributed by atoms with Crippen molar-refractivity contribution < 1.29 is 9.53 Å². The summed E-state index contributed by atoms with van der Waals surface area (Å²) in [6.07, 6.45) is 6.04. The molecule has 2 fully saturated rings. The maximum Gasteiger partial charge on any atom is 0.319 e. The molecule has 1 aliphatic heterocycles. The second kappa shape index (κ2) is 10.2. The van der Waals surface area contributed by atoms with Gasteiger partial charge in [-0.3, -0.25) is 9.89 Å². The summed E-state index contributed by atoms with van der Waals surface area (Å²) in [5, 5.41) is 19.1. The average Bonchev–Trinajstić information content (AvgIpc) is 3.54. The SMILES string of the molecule is CC(C)[C@@H](C)NC(=O)c1cc(N2CCC(c3n[nH]c4ncccc34)CC2)nc(OC[C@H]2C[C@H]2C=N)n1. The number of aromatic amines is 1. The zero-order valence-electron chi connectivity index (χ0n) is 21.1. The van der Waals surface area contributed by atoms with E-state index in [9.17, 15) is 4.79 Å². The van der Waals surface area contributed by atoms with Gasteiger partial charge in [0, 0.05) is 54.5 Å². The van der Waals surface area contributed by atoms with E-state index in [0.29, 0.717) is 35.9 Å². The van der Waals surface area contributed by atoms with Gasteiger partial charge in [0.25, 0.3) is 5.91 Å². The lowest BCUT2D eigenvalue weighted by Crippen LogP contribution is -2.37. The number of carbonyl (C=O) groups is 1. The molecule has 1 saturated heterocycles. The third kappa shape index (κ3) is 5.17. The number of pyridine rings is 1. The minimum Gasteiger partial charge on any atom is -0.463 e. The number of hydrogen-bond donors (Lipinski definition) is 3. The summed E-state index contributed by atoms with van der Waals surface area (Å²) < 4.78 is 5.91. The van der Waals surface area contributed by atoms with Crippen LogP contribution in [0.5, 0.6) is 6.01 Å². The van der Waals surface area contributed by atoms with Crippen molar-refractivity contribution in [1.29, 1.82) is 5.41 Å². The fourth-order valence-electron chi connectivity index (χ4n) is 4.62. The highest BCUT2D eigenvalue weighted by molar-refractivity contribution is 5.93. The predicted octanol–water partition coefficient (Wildman–Crippen LogP) is 3.57. The molecule has 10 heteroatoms. The quantitative estimate of drug-likeness (QED) is 0.391. The molecule has 0 bridgehead atoms. The van der Waals surface area contributed by atoms with Crippen molar-refractivity contribution in [3.8, 4) is 6.01 Å². The van der Waals surface area contributed by atoms with Gasteiger partial charge in [-0.15, -0.1) is 0 Å². The zero-order valence-corrected chi connectivity index (χ0v) is 21.1. The smallest absolute Gasteiger partial charge is 0.319 e. The maximum absolute atomic E-state index is 13.0. The first-order chi connectivity index (χ1) is 17.4.